The molecule has 1 heteroatoms. The van der Waals surface area contributed by atoms with E-state index in [-0.39, 0.29) is 0 Å². The Balaban J connectivity index is 3.19. The number of rotatable bonds is 7. The van der Waals surface area contributed by atoms with Crippen molar-refractivity contribution in [2.45, 2.75) is 59.3 Å². The molecule has 0 aliphatic carbocycles. The van der Waals surface area contributed by atoms with Gasteiger partial charge in [0.2, 0.25) is 0 Å². The summed E-state index contributed by atoms with van der Waals surface area (Å²) in [5.41, 5.74) is 5.98. The Morgan fingerprint density at radius 3 is 2.08 bits per heavy atom. The molecule has 0 aromatic heterocycles. The number of nitrogens with two attached hydrogens (primary N) is 1. The first-order valence-corrected chi connectivity index (χ1v) is 5.32. The van der Waals surface area contributed by atoms with E-state index in [4.69, 9.17) is 5.73 Å². The summed E-state index contributed by atoms with van der Waals surface area (Å²) in [6, 6.07) is 0. The van der Waals surface area contributed by atoms with Crippen molar-refractivity contribution in [2.24, 2.45) is 11.1 Å². The van der Waals surface area contributed by atoms with Crippen LogP contribution in [-0.2, 0) is 0 Å². The Labute approximate surface area is 77.7 Å². The highest BCUT2D eigenvalue weighted by Gasteiger charge is 2.13. The maximum absolute atomic E-state index is 5.42. The highest BCUT2D eigenvalue weighted by Crippen LogP contribution is 2.27. The van der Waals surface area contributed by atoms with Crippen molar-refractivity contribution in [3.63, 3.8) is 0 Å². The first-order valence-electron chi connectivity index (χ1n) is 5.32. The molecule has 0 spiro atoms. The zero-order valence-electron chi connectivity index (χ0n) is 9.03. The third kappa shape index (κ3) is 6.66. The van der Waals surface area contributed by atoms with Crippen LogP contribution in [0.2, 0.25) is 0 Å². The molecule has 12 heavy (non-hydrogen) atoms. The largest absolute Gasteiger partial charge is 0.330 e. The first kappa shape index (κ1) is 12.0. The summed E-state index contributed by atoms with van der Waals surface area (Å²) in [5.74, 6) is 0. The van der Waals surface area contributed by atoms with Crippen molar-refractivity contribution in [3.05, 3.63) is 0 Å². The summed E-state index contributed by atoms with van der Waals surface area (Å²) < 4.78 is 0. The van der Waals surface area contributed by atoms with Gasteiger partial charge in [0.05, 0.1) is 0 Å². The maximum atomic E-state index is 5.42. The van der Waals surface area contributed by atoms with Gasteiger partial charge in [0.15, 0.2) is 0 Å². The van der Waals surface area contributed by atoms with Gasteiger partial charge in [0.1, 0.15) is 0 Å². The van der Waals surface area contributed by atoms with Crippen molar-refractivity contribution < 1.29 is 0 Å². The zero-order valence-corrected chi connectivity index (χ0v) is 9.03. The van der Waals surface area contributed by atoms with E-state index >= 15 is 0 Å². The second-order valence-corrected chi connectivity index (χ2v) is 4.47. The minimum atomic E-state index is 0.558. The quantitative estimate of drug-likeness (QED) is 0.584. The number of unbranched alkanes of at least 4 members (excludes halogenated alkanes) is 3. The molecule has 0 fully saturated rings. The SMILES string of the molecule is CCC(C)(C)CCCCCCN. The molecule has 74 valence electrons. The van der Waals surface area contributed by atoms with E-state index in [9.17, 15) is 0 Å². The molecule has 0 aromatic rings. The van der Waals surface area contributed by atoms with Crippen LogP contribution in [0.3, 0.4) is 0 Å². The zero-order chi connectivity index (χ0) is 9.45. The van der Waals surface area contributed by atoms with Crippen LogP contribution in [0.25, 0.3) is 0 Å². The van der Waals surface area contributed by atoms with E-state index < -0.39 is 0 Å². The fraction of sp³-hybridized carbons (Fsp3) is 1.00. The van der Waals surface area contributed by atoms with Crippen molar-refractivity contribution >= 4 is 0 Å². The highest BCUT2D eigenvalue weighted by molar-refractivity contribution is 4.65. The predicted molar refractivity (Wildman–Crippen MR) is 56.2 cm³/mol. The van der Waals surface area contributed by atoms with Crippen LogP contribution >= 0.6 is 0 Å². The van der Waals surface area contributed by atoms with Crippen molar-refractivity contribution in [3.8, 4) is 0 Å². The Kier molecular flexibility index (Phi) is 6.45. The summed E-state index contributed by atoms with van der Waals surface area (Å²) in [4.78, 5) is 0. The predicted octanol–water partition coefficient (Wildman–Crippen LogP) is 3.33. The van der Waals surface area contributed by atoms with Gasteiger partial charge in [-0.15, -0.1) is 0 Å². The molecule has 2 N–H and O–H groups in total. The molecule has 0 atom stereocenters. The summed E-state index contributed by atoms with van der Waals surface area (Å²) in [6.45, 7) is 7.85. The maximum Gasteiger partial charge on any atom is -0.00773 e. The average Bonchev–Trinajstić information content (AvgIpc) is 2.04. The molecular weight excluding hydrogens is 146 g/mol. The Morgan fingerprint density at radius 2 is 1.58 bits per heavy atom. The minimum absolute atomic E-state index is 0.558. The van der Waals surface area contributed by atoms with Crippen LogP contribution < -0.4 is 5.73 Å². The summed E-state index contributed by atoms with van der Waals surface area (Å²) >= 11 is 0. The van der Waals surface area contributed by atoms with E-state index in [0.717, 1.165) is 6.54 Å². The summed E-state index contributed by atoms with van der Waals surface area (Å²) in [7, 11) is 0. The lowest BCUT2D eigenvalue weighted by molar-refractivity contribution is 0.307. The average molecular weight is 171 g/mol. The van der Waals surface area contributed by atoms with Gasteiger partial charge in [-0.05, 0) is 24.8 Å². The van der Waals surface area contributed by atoms with Crippen LogP contribution in [0.1, 0.15) is 59.3 Å². The van der Waals surface area contributed by atoms with Crippen LogP contribution in [-0.4, -0.2) is 6.54 Å². The monoisotopic (exact) mass is 171 g/mol. The molecular formula is C11H25N. The van der Waals surface area contributed by atoms with Gasteiger partial charge in [-0.25, -0.2) is 0 Å². The lowest BCUT2D eigenvalue weighted by Crippen LogP contribution is -2.08. The fourth-order valence-corrected chi connectivity index (χ4v) is 1.28. The number of hydrogen-bond acceptors (Lipinski definition) is 1. The van der Waals surface area contributed by atoms with E-state index in [1.165, 1.54) is 38.5 Å². The Bertz CT molecular complexity index is 97.2. The van der Waals surface area contributed by atoms with Gasteiger partial charge in [-0.3, -0.25) is 0 Å². The fourth-order valence-electron chi connectivity index (χ4n) is 1.28. The molecule has 0 radical (unpaired) electrons. The molecule has 0 saturated heterocycles. The lowest BCUT2D eigenvalue weighted by Gasteiger charge is -2.22. The van der Waals surface area contributed by atoms with Crippen LogP contribution in [0.4, 0.5) is 0 Å². The Hall–Kier alpha value is -0.0400. The molecule has 0 bridgehead atoms. The Morgan fingerprint density at radius 1 is 1.00 bits per heavy atom. The molecule has 0 heterocycles. The second kappa shape index (κ2) is 6.47. The van der Waals surface area contributed by atoms with E-state index in [1.807, 2.05) is 0 Å². The van der Waals surface area contributed by atoms with Gasteiger partial charge in [-0.2, -0.15) is 0 Å². The number of hydrogen-bond donors (Lipinski definition) is 1. The van der Waals surface area contributed by atoms with Crippen molar-refractivity contribution in [1.29, 1.82) is 0 Å². The second-order valence-electron chi connectivity index (χ2n) is 4.47. The minimum Gasteiger partial charge on any atom is -0.330 e. The van der Waals surface area contributed by atoms with Crippen molar-refractivity contribution in [2.75, 3.05) is 6.54 Å². The van der Waals surface area contributed by atoms with Crippen LogP contribution in [0, 0.1) is 5.41 Å². The molecule has 0 aliphatic rings. The van der Waals surface area contributed by atoms with Gasteiger partial charge in [0.25, 0.3) is 0 Å². The topological polar surface area (TPSA) is 26.0 Å². The molecule has 0 unspecified atom stereocenters. The standard InChI is InChI=1S/C11H25N/c1-4-11(2,3)9-7-5-6-8-10-12/h4-10,12H2,1-3H3. The van der Waals surface area contributed by atoms with Crippen LogP contribution in [0.5, 0.6) is 0 Å². The van der Waals surface area contributed by atoms with Gasteiger partial charge >= 0.3 is 0 Å². The van der Waals surface area contributed by atoms with Crippen LogP contribution in [0.15, 0.2) is 0 Å². The third-order valence-electron chi connectivity index (χ3n) is 2.76. The van der Waals surface area contributed by atoms with E-state index in [1.54, 1.807) is 0 Å². The third-order valence-corrected chi connectivity index (χ3v) is 2.76. The molecule has 0 aromatic carbocycles. The van der Waals surface area contributed by atoms with Gasteiger partial charge in [-0.1, -0.05) is 46.5 Å². The molecule has 0 saturated carbocycles. The summed E-state index contributed by atoms with van der Waals surface area (Å²) in [5, 5.41) is 0. The van der Waals surface area contributed by atoms with Crippen molar-refractivity contribution in [1.82, 2.24) is 0 Å². The van der Waals surface area contributed by atoms with Gasteiger partial charge < -0.3 is 5.73 Å². The highest BCUT2D eigenvalue weighted by atomic mass is 14.5. The molecule has 0 aliphatic heterocycles. The smallest absolute Gasteiger partial charge is 0.00773 e. The summed E-state index contributed by atoms with van der Waals surface area (Å²) in [6.07, 6.45) is 7.92. The molecule has 0 amide bonds. The normalized spacial score (nSPS) is 12.0. The van der Waals surface area contributed by atoms with E-state index in [2.05, 4.69) is 20.8 Å². The first-order chi connectivity index (χ1) is 5.62. The lowest BCUT2D eigenvalue weighted by atomic mass is 9.84. The van der Waals surface area contributed by atoms with Gasteiger partial charge in [0, 0.05) is 0 Å². The molecule has 1 nitrogen and oxygen atoms in total. The molecule has 0 rings (SSSR count). The van der Waals surface area contributed by atoms with E-state index in [0.29, 0.717) is 5.41 Å².